The molecule has 1 aliphatic carbocycles. The summed E-state index contributed by atoms with van der Waals surface area (Å²) in [4.78, 5) is 37.2. The zero-order chi connectivity index (χ0) is 28.1. The van der Waals surface area contributed by atoms with Crippen LogP contribution in [0.2, 0.25) is 0 Å². The van der Waals surface area contributed by atoms with Crippen molar-refractivity contribution in [2.75, 3.05) is 0 Å². The number of ketones is 3. The third-order valence-electron chi connectivity index (χ3n) is 6.67. The molecule has 1 unspecified atom stereocenters. The number of rotatable bonds is 9. The van der Waals surface area contributed by atoms with Crippen molar-refractivity contribution < 1.29 is 23.9 Å². The zero-order valence-corrected chi connectivity index (χ0v) is 22.3. The molecule has 5 rings (SSSR count). The molecule has 5 nitrogen and oxygen atoms in total. The van der Waals surface area contributed by atoms with Gasteiger partial charge in [0.1, 0.15) is 23.4 Å². The summed E-state index contributed by atoms with van der Waals surface area (Å²) in [6, 6.07) is 27.6. The van der Waals surface area contributed by atoms with Crippen molar-refractivity contribution in [3.8, 4) is 17.2 Å². The molecular formula is C35H28O5. The minimum Gasteiger partial charge on any atom is -0.486 e. The molecule has 0 radical (unpaired) electrons. The Morgan fingerprint density at radius 3 is 1.40 bits per heavy atom. The van der Waals surface area contributed by atoms with E-state index < -0.39 is 0 Å². The Hall–Kier alpha value is -5.03. The zero-order valence-electron chi connectivity index (χ0n) is 22.3. The fourth-order valence-electron chi connectivity index (χ4n) is 4.33. The van der Waals surface area contributed by atoms with Crippen molar-refractivity contribution in [3.63, 3.8) is 0 Å². The summed E-state index contributed by atoms with van der Waals surface area (Å²) in [5.74, 6) is 1.59. The number of ether oxygens (including phenoxy) is 2. The van der Waals surface area contributed by atoms with Gasteiger partial charge in [0, 0.05) is 34.2 Å². The van der Waals surface area contributed by atoms with Crippen LogP contribution in [0.4, 0.5) is 0 Å². The Bertz CT molecular complexity index is 1590. The monoisotopic (exact) mass is 528 g/mol. The van der Waals surface area contributed by atoms with E-state index in [0.717, 1.165) is 12.2 Å². The average Bonchev–Trinajstić information content (AvgIpc) is 2.99. The number of hydrogen-bond acceptors (Lipinski definition) is 5. The Morgan fingerprint density at radius 2 is 1.00 bits per heavy atom. The standard InChI is InChI=1S/C35H28O5/c1-23-3-15-30(16-4-23)39-31-17-11-28(12-18-31)35(38)29-13-21-33(22-14-29)40-32-19-9-27(10-20-32)34(37)26-7-5-25(6-8-26)24(2)36/h3-15,17-22,30H,16H2,1-2H3. The lowest BCUT2D eigenvalue weighted by atomic mass is 10.0. The topological polar surface area (TPSA) is 69.7 Å². The molecular weight excluding hydrogens is 500 g/mol. The van der Waals surface area contributed by atoms with E-state index in [2.05, 4.69) is 19.1 Å². The van der Waals surface area contributed by atoms with Crippen molar-refractivity contribution in [1.29, 1.82) is 0 Å². The third-order valence-corrected chi connectivity index (χ3v) is 6.67. The second-order valence-electron chi connectivity index (χ2n) is 9.67. The van der Waals surface area contributed by atoms with Gasteiger partial charge in [-0.25, -0.2) is 0 Å². The Labute approximate surface area is 233 Å². The third kappa shape index (κ3) is 6.33. The molecule has 198 valence electrons. The van der Waals surface area contributed by atoms with E-state index in [1.165, 1.54) is 12.5 Å². The fourth-order valence-corrected chi connectivity index (χ4v) is 4.33. The van der Waals surface area contributed by atoms with Gasteiger partial charge in [-0.2, -0.15) is 0 Å². The van der Waals surface area contributed by atoms with E-state index in [4.69, 9.17) is 9.47 Å². The summed E-state index contributed by atoms with van der Waals surface area (Å²) in [6.45, 7) is 3.55. The largest absolute Gasteiger partial charge is 0.486 e. The molecule has 0 fully saturated rings. The molecule has 0 amide bonds. The van der Waals surface area contributed by atoms with E-state index >= 15 is 0 Å². The molecule has 1 aliphatic rings. The van der Waals surface area contributed by atoms with Crippen molar-refractivity contribution in [2.45, 2.75) is 26.4 Å². The highest BCUT2D eigenvalue weighted by Crippen LogP contribution is 2.25. The maximum Gasteiger partial charge on any atom is 0.193 e. The Kier molecular flexibility index (Phi) is 7.83. The first-order valence-corrected chi connectivity index (χ1v) is 13.1. The van der Waals surface area contributed by atoms with Gasteiger partial charge in [-0.15, -0.1) is 0 Å². The number of hydrogen-bond donors (Lipinski definition) is 0. The van der Waals surface area contributed by atoms with E-state index in [-0.39, 0.29) is 23.5 Å². The van der Waals surface area contributed by atoms with Crippen molar-refractivity contribution in [3.05, 3.63) is 149 Å². The van der Waals surface area contributed by atoms with Crippen molar-refractivity contribution >= 4 is 17.3 Å². The minimum atomic E-state index is -0.137. The quantitative estimate of drug-likeness (QED) is 0.207. The summed E-state index contributed by atoms with van der Waals surface area (Å²) in [5.41, 5.74) is 3.95. The highest BCUT2D eigenvalue weighted by molar-refractivity contribution is 6.10. The predicted molar refractivity (Wildman–Crippen MR) is 155 cm³/mol. The summed E-state index contributed by atoms with van der Waals surface area (Å²) >= 11 is 0. The Balaban J connectivity index is 1.18. The van der Waals surface area contributed by atoms with Gasteiger partial charge in [0.25, 0.3) is 0 Å². The number of Topliss-reactive ketones (excluding diaryl/α,β-unsaturated/α-hetero) is 1. The van der Waals surface area contributed by atoms with Crippen LogP contribution in [0.15, 0.2) is 121 Å². The molecule has 5 heteroatoms. The molecule has 0 aliphatic heterocycles. The second-order valence-corrected chi connectivity index (χ2v) is 9.67. The van der Waals surface area contributed by atoms with Gasteiger partial charge < -0.3 is 9.47 Å². The maximum absolute atomic E-state index is 13.0. The molecule has 40 heavy (non-hydrogen) atoms. The molecule has 4 aromatic carbocycles. The van der Waals surface area contributed by atoms with Gasteiger partial charge in [0.05, 0.1) is 0 Å². The van der Waals surface area contributed by atoms with Gasteiger partial charge in [-0.1, -0.05) is 42.0 Å². The summed E-state index contributed by atoms with van der Waals surface area (Å²) in [6.07, 6.45) is 7.07. The molecule has 1 atom stereocenters. The molecule has 0 bridgehead atoms. The molecule has 0 heterocycles. The smallest absolute Gasteiger partial charge is 0.193 e. The maximum atomic E-state index is 13.0. The van der Waals surface area contributed by atoms with Crippen LogP contribution in [0.25, 0.3) is 0 Å². The first-order chi connectivity index (χ1) is 19.4. The first kappa shape index (κ1) is 26.6. The molecule has 0 aromatic heterocycles. The molecule has 0 saturated heterocycles. The molecule has 4 aromatic rings. The van der Waals surface area contributed by atoms with E-state index in [1.807, 2.05) is 18.2 Å². The van der Waals surface area contributed by atoms with E-state index in [0.29, 0.717) is 39.3 Å². The lowest BCUT2D eigenvalue weighted by Crippen LogP contribution is -2.14. The second kappa shape index (κ2) is 11.8. The van der Waals surface area contributed by atoms with Crippen LogP contribution in [-0.4, -0.2) is 23.5 Å². The van der Waals surface area contributed by atoms with E-state index in [9.17, 15) is 14.4 Å². The highest BCUT2D eigenvalue weighted by Gasteiger charge is 2.13. The lowest BCUT2D eigenvalue weighted by molar-refractivity contribution is 0.101. The van der Waals surface area contributed by atoms with Crippen molar-refractivity contribution in [2.24, 2.45) is 0 Å². The average molecular weight is 529 g/mol. The van der Waals surface area contributed by atoms with Crippen LogP contribution < -0.4 is 9.47 Å². The van der Waals surface area contributed by atoms with Gasteiger partial charge in [-0.05, 0) is 92.7 Å². The lowest BCUT2D eigenvalue weighted by Gasteiger charge is -2.17. The van der Waals surface area contributed by atoms with E-state index in [1.54, 1.807) is 84.9 Å². The van der Waals surface area contributed by atoms with Gasteiger partial charge >= 0.3 is 0 Å². The van der Waals surface area contributed by atoms with Crippen LogP contribution >= 0.6 is 0 Å². The number of carbonyl (C=O) groups is 3. The summed E-state index contributed by atoms with van der Waals surface area (Å²) < 4.78 is 11.9. The first-order valence-electron chi connectivity index (χ1n) is 13.1. The SMILES string of the molecule is CC(=O)c1ccc(C(=O)c2ccc(Oc3ccc(C(=O)c4ccc(OC5C=CC(C)=CC5)cc4)cc3)cc2)cc1. The highest BCUT2D eigenvalue weighted by atomic mass is 16.5. The van der Waals surface area contributed by atoms with Gasteiger partial charge in [0.2, 0.25) is 0 Å². The normalized spacial score (nSPS) is 14.2. The van der Waals surface area contributed by atoms with Crippen LogP contribution in [0.3, 0.4) is 0 Å². The predicted octanol–water partition coefficient (Wildman–Crippen LogP) is 7.80. The summed E-state index contributed by atoms with van der Waals surface area (Å²) in [5, 5.41) is 0. The van der Waals surface area contributed by atoms with Crippen LogP contribution in [0.5, 0.6) is 17.2 Å². The number of benzene rings is 4. The fraction of sp³-hybridized carbons (Fsp3) is 0.114. The van der Waals surface area contributed by atoms with Crippen LogP contribution in [0.1, 0.15) is 62.5 Å². The molecule has 0 spiro atoms. The van der Waals surface area contributed by atoms with Gasteiger partial charge in [-0.3, -0.25) is 14.4 Å². The summed E-state index contributed by atoms with van der Waals surface area (Å²) in [7, 11) is 0. The number of allylic oxidation sites excluding steroid dienone is 2. The number of carbonyl (C=O) groups excluding carboxylic acids is 3. The van der Waals surface area contributed by atoms with Crippen LogP contribution in [-0.2, 0) is 0 Å². The van der Waals surface area contributed by atoms with Crippen LogP contribution in [0, 0.1) is 0 Å². The molecule has 0 N–H and O–H groups in total. The van der Waals surface area contributed by atoms with Gasteiger partial charge in [0.15, 0.2) is 17.3 Å². The Morgan fingerprint density at radius 1 is 0.600 bits per heavy atom. The molecule has 0 saturated carbocycles. The minimum absolute atomic E-state index is 0.000455. The van der Waals surface area contributed by atoms with Crippen molar-refractivity contribution in [1.82, 2.24) is 0 Å².